The smallest absolute Gasteiger partial charge is 0.405 e. The Bertz CT molecular complexity index is 998. The predicted molar refractivity (Wildman–Crippen MR) is 92.2 cm³/mol. The number of H-pyrrole nitrogens is 1. The summed E-state index contributed by atoms with van der Waals surface area (Å²) in [5.41, 5.74) is 0.347. The van der Waals surface area contributed by atoms with Crippen molar-refractivity contribution >= 4 is 27.6 Å². The minimum atomic E-state index is -1.20. The highest BCUT2D eigenvalue weighted by atomic mass is 32.1. The predicted octanol–water partition coefficient (Wildman–Crippen LogP) is 3.15. The zero-order chi connectivity index (χ0) is 18.1. The molecule has 0 fully saturated rings. The number of aromatic nitrogens is 3. The molecule has 0 aliphatic carbocycles. The van der Waals surface area contributed by atoms with E-state index in [0.717, 1.165) is 17.5 Å². The number of aromatic amines is 1. The second kappa shape index (κ2) is 6.60. The van der Waals surface area contributed by atoms with E-state index in [4.69, 9.17) is 5.11 Å². The first-order chi connectivity index (χ1) is 11.9. The number of rotatable bonds is 4. The second-order valence-electron chi connectivity index (χ2n) is 5.80. The lowest BCUT2D eigenvalue weighted by atomic mass is 10.0. The van der Waals surface area contributed by atoms with E-state index in [-0.39, 0.29) is 17.3 Å². The van der Waals surface area contributed by atoms with E-state index >= 15 is 0 Å². The summed E-state index contributed by atoms with van der Waals surface area (Å²) in [6.45, 7) is 3.63. The summed E-state index contributed by atoms with van der Waals surface area (Å²) < 4.78 is 14.3. The summed E-state index contributed by atoms with van der Waals surface area (Å²) >= 11 is 1.12. The van der Waals surface area contributed by atoms with E-state index in [1.807, 2.05) is 13.8 Å². The van der Waals surface area contributed by atoms with Gasteiger partial charge in [-0.3, -0.25) is 9.78 Å². The van der Waals surface area contributed by atoms with Gasteiger partial charge in [-0.15, -0.1) is 11.3 Å². The summed E-state index contributed by atoms with van der Waals surface area (Å²) in [5.74, 6) is -0.375. The molecule has 0 spiro atoms. The first-order valence-corrected chi connectivity index (χ1v) is 8.31. The first kappa shape index (κ1) is 17.0. The van der Waals surface area contributed by atoms with Gasteiger partial charge in [-0.05, 0) is 18.1 Å². The number of pyridine rings is 1. The van der Waals surface area contributed by atoms with Crippen LogP contribution in [-0.2, 0) is 0 Å². The zero-order valence-electron chi connectivity index (χ0n) is 13.4. The maximum absolute atomic E-state index is 13.9. The van der Waals surface area contributed by atoms with Gasteiger partial charge in [-0.1, -0.05) is 13.8 Å². The molecule has 0 saturated carbocycles. The molecule has 25 heavy (non-hydrogen) atoms. The van der Waals surface area contributed by atoms with Crippen molar-refractivity contribution in [3.63, 3.8) is 0 Å². The van der Waals surface area contributed by atoms with Crippen LogP contribution < -0.4 is 10.9 Å². The summed E-state index contributed by atoms with van der Waals surface area (Å²) in [6.07, 6.45) is 1.37. The number of hydrogen-bond acceptors (Lipinski definition) is 5. The van der Waals surface area contributed by atoms with Crippen LogP contribution >= 0.6 is 11.3 Å². The number of nitrogens with zero attached hydrogens (tertiary/aromatic N) is 2. The summed E-state index contributed by atoms with van der Waals surface area (Å²) in [7, 11) is 0. The van der Waals surface area contributed by atoms with Crippen LogP contribution in [0.1, 0.15) is 25.7 Å². The number of fused-ring (bicyclic) bond motifs is 1. The molecular formula is C16H15FN4O3S. The zero-order valence-corrected chi connectivity index (χ0v) is 14.2. The SMILES string of the molecule is CC(C)C(NC(=O)O)c1nc2cc(-c3ccncc3F)sc2c(=O)[nH]1. The van der Waals surface area contributed by atoms with Gasteiger partial charge in [0.2, 0.25) is 0 Å². The van der Waals surface area contributed by atoms with Crippen LogP contribution in [0.25, 0.3) is 20.7 Å². The van der Waals surface area contributed by atoms with Gasteiger partial charge in [-0.25, -0.2) is 14.2 Å². The van der Waals surface area contributed by atoms with Crippen molar-refractivity contribution in [1.82, 2.24) is 20.3 Å². The lowest BCUT2D eigenvalue weighted by Gasteiger charge is -2.19. The highest BCUT2D eigenvalue weighted by molar-refractivity contribution is 7.22. The number of hydrogen-bond donors (Lipinski definition) is 3. The third-order valence-corrected chi connectivity index (χ3v) is 4.84. The quantitative estimate of drug-likeness (QED) is 0.661. The molecule has 0 radical (unpaired) electrons. The Labute approximate surface area is 145 Å². The summed E-state index contributed by atoms with van der Waals surface area (Å²) in [4.78, 5) is 34.6. The molecule has 1 unspecified atom stereocenters. The monoisotopic (exact) mass is 362 g/mol. The Balaban J connectivity index is 2.12. The van der Waals surface area contributed by atoms with Gasteiger partial charge in [0.15, 0.2) is 0 Å². The molecule has 1 amide bonds. The van der Waals surface area contributed by atoms with Crippen molar-refractivity contribution in [1.29, 1.82) is 0 Å². The average Bonchev–Trinajstić information content (AvgIpc) is 2.97. The molecule has 1 atom stereocenters. The third-order valence-electron chi connectivity index (χ3n) is 3.68. The highest BCUT2D eigenvalue weighted by Crippen LogP contribution is 2.32. The Morgan fingerprint density at radius 2 is 2.20 bits per heavy atom. The molecule has 0 bridgehead atoms. The molecular weight excluding hydrogens is 347 g/mol. The molecule has 9 heteroatoms. The molecule has 0 saturated heterocycles. The van der Waals surface area contributed by atoms with Gasteiger partial charge in [0.1, 0.15) is 16.3 Å². The van der Waals surface area contributed by atoms with Gasteiger partial charge < -0.3 is 15.4 Å². The number of thiophene rings is 1. The van der Waals surface area contributed by atoms with Gasteiger partial charge in [0, 0.05) is 16.6 Å². The third kappa shape index (κ3) is 3.36. The van der Waals surface area contributed by atoms with Crippen molar-refractivity contribution in [3.8, 4) is 10.4 Å². The maximum Gasteiger partial charge on any atom is 0.405 e. The lowest BCUT2D eigenvalue weighted by Crippen LogP contribution is -2.33. The fourth-order valence-corrected chi connectivity index (χ4v) is 3.52. The number of nitrogens with one attached hydrogen (secondary N) is 2. The maximum atomic E-state index is 13.9. The van der Waals surface area contributed by atoms with Crippen molar-refractivity contribution in [2.75, 3.05) is 0 Å². The summed E-state index contributed by atoms with van der Waals surface area (Å²) in [6, 6.07) is 2.49. The van der Waals surface area contributed by atoms with E-state index in [1.54, 1.807) is 6.07 Å². The molecule has 7 nitrogen and oxygen atoms in total. The van der Waals surface area contributed by atoms with E-state index in [9.17, 15) is 14.0 Å². The largest absolute Gasteiger partial charge is 0.465 e. The van der Waals surface area contributed by atoms with Crippen LogP contribution in [0, 0.1) is 11.7 Å². The van der Waals surface area contributed by atoms with Gasteiger partial charge >= 0.3 is 6.09 Å². The average molecular weight is 362 g/mol. The van der Waals surface area contributed by atoms with Crippen molar-refractivity contribution in [3.05, 3.63) is 46.5 Å². The lowest BCUT2D eigenvalue weighted by molar-refractivity contribution is 0.185. The molecule has 3 aromatic heterocycles. The van der Waals surface area contributed by atoms with Gasteiger partial charge in [0.25, 0.3) is 5.56 Å². The fourth-order valence-electron chi connectivity index (χ4n) is 2.50. The Hall–Kier alpha value is -2.81. The Morgan fingerprint density at radius 1 is 1.44 bits per heavy atom. The van der Waals surface area contributed by atoms with Crippen LogP contribution in [-0.4, -0.2) is 26.2 Å². The molecule has 3 aromatic rings. The second-order valence-corrected chi connectivity index (χ2v) is 6.86. The molecule has 0 aliphatic heterocycles. The van der Waals surface area contributed by atoms with E-state index in [0.29, 0.717) is 20.7 Å². The number of carbonyl (C=O) groups is 1. The van der Waals surface area contributed by atoms with Crippen molar-refractivity contribution < 1.29 is 14.3 Å². The minimum Gasteiger partial charge on any atom is -0.465 e. The van der Waals surface area contributed by atoms with Crippen LogP contribution in [0.4, 0.5) is 9.18 Å². The molecule has 3 rings (SSSR count). The van der Waals surface area contributed by atoms with Crippen LogP contribution in [0.5, 0.6) is 0 Å². The first-order valence-electron chi connectivity index (χ1n) is 7.50. The number of amides is 1. The Kier molecular flexibility index (Phi) is 4.49. The molecule has 3 N–H and O–H groups in total. The molecule has 0 aromatic carbocycles. The Morgan fingerprint density at radius 3 is 2.84 bits per heavy atom. The van der Waals surface area contributed by atoms with Crippen LogP contribution in [0.2, 0.25) is 0 Å². The topological polar surface area (TPSA) is 108 Å². The molecule has 0 aliphatic rings. The van der Waals surface area contributed by atoms with E-state index < -0.39 is 18.0 Å². The standard InChI is InChI=1S/C16H15FN4O3S/c1-7(2)12(20-16(23)24)14-19-10-5-11(25-13(10)15(22)21-14)8-3-4-18-6-9(8)17/h3-7,12,20H,1-2H3,(H,23,24)(H,19,21,22). The molecule has 3 heterocycles. The number of carboxylic acid groups (broad SMARTS) is 1. The van der Waals surface area contributed by atoms with E-state index in [2.05, 4.69) is 20.3 Å². The highest BCUT2D eigenvalue weighted by Gasteiger charge is 2.22. The van der Waals surface area contributed by atoms with Crippen molar-refractivity contribution in [2.24, 2.45) is 5.92 Å². The molecule has 130 valence electrons. The van der Waals surface area contributed by atoms with Crippen LogP contribution in [0.3, 0.4) is 0 Å². The summed E-state index contributed by atoms with van der Waals surface area (Å²) in [5, 5.41) is 11.3. The van der Waals surface area contributed by atoms with Crippen LogP contribution in [0.15, 0.2) is 29.3 Å². The number of halogens is 1. The minimum absolute atomic E-state index is 0.118. The van der Waals surface area contributed by atoms with Gasteiger partial charge in [-0.2, -0.15) is 0 Å². The normalized spacial score (nSPS) is 12.5. The van der Waals surface area contributed by atoms with Gasteiger partial charge in [0.05, 0.1) is 17.8 Å². The van der Waals surface area contributed by atoms with E-state index in [1.165, 1.54) is 12.3 Å². The van der Waals surface area contributed by atoms with Crippen molar-refractivity contribution in [2.45, 2.75) is 19.9 Å². The fraction of sp³-hybridized carbons (Fsp3) is 0.250.